The minimum atomic E-state index is -0.436. The maximum Gasteiger partial charge on any atom is 0.272 e. The van der Waals surface area contributed by atoms with Gasteiger partial charge >= 0.3 is 0 Å². The maximum atomic E-state index is 13.1. The number of aliphatic hydroxyl groups is 1. The second-order valence-corrected chi connectivity index (χ2v) is 8.94. The summed E-state index contributed by atoms with van der Waals surface area (Å²) >= 11 is 0. The summed E-state index contributed by atoms with van der Waals surface area (Å²) in [6.45, 7) is 6.05. The first kappa shape index (κ1) is 19.1. The second-order valence-electron chi connectivity index (χ2n) is 8.94. The fourth-order valence-electron chi connectivity index (χ4n) is 4.69. The molecule has 152 valence electrons. The Balaban J connectivity index is 1.49. The van der Waals surface area contributed by atoms with Gasteiger partial charge in [0.05, 0.1) is 6.61 Å². The monoisotopic (exact) mass is 387 g/mol. The predicted molar refractivity (Wildman–Crippen MR) is 103 cm³/mol. The number of nitrogens with zero attached hydrogens (tertiary/aromatic N) is 4. The number of hydrogen-bond acceptors (Lipinski definition) is 6. The third-order valence-electron chi connectivity index (χ3n) is 6.70. The lowest BCUT2D eigenvalue weighted by Gasteiger charge is -2.31. The summed E-state index contributed by atoms with van der Waals surface area (Å²) in [4.78, 5) is 37.7. The van der Waals surface area contributed by atoms with Gasteiger partial charge < -0.3 is 20.6 Å². The zero-order chi connectivity index (χ0) is 20.1. The van der Waals surface area contributed by atoms with E-state index in [1.807, 2.05) is 18.7 Å². The molecular formula is C20H29N5O3. The maximum absolute atomic E-state index is 13.1. The quantitative estimate of drug-likeness (QED) is 0.793. The number of aliphatic hydroxyl groups excluding tert-OH is 1. The minimum absolute atomic E-state index is 0.0287. The number of amides is 2. The van der Waals surface area contributed by atoms with Gasteiger partial charge in [-0.1, -0.05) is 20.3 Å². The molecule has 3 heterocycles. The van der Waals surface area contributed by atoms with Crippen LogP contribution >= 0.6 is 0 Å². The summed E-state index contributed by atoms with van der Waals surface area (Å²) in [5.74, 6) is 0.527. The Hall–Kier alpha value is -2.22. The summed E-state index contributed by atoms with van der Waals surface area (Å²) in [6.07, 6.45) is 3.08. The van der Waals surface area contributed by atoms with Crippen molar-refractivity contribution in [1.82, 2.24) is 19.8 Å². The highest BCUT2D eigenvalue weighted by molar-refractivity contribution is 5.93. The molecule has 4 rings (SSSR count). The van der Waals surface area contributed by atoms with Crippen molar-refractivity contribution in [3.63, 3.8) is 0 Å². The van der Waals surface area contributed by atoms with Gasteiger partial charge in [0.1, 0.15) is 5.69 Å². The number of carbonyl (C=O) groups excluding carboxylic acids is 2. The SMILES string of the molecule is CC(C)c1cc(C(=O)N2C[C@H]3CN(C(=O)C4CCC4)C[C@@]3(CO)C2)nc(N)n1. The Morgan fingerprint density at radius 3 is 2.50 bits per heavy atom. The molecule has 0 spiro atoms. The van der Waals surface area contributed by atoms with Crippen molar-refractivity contribution in [3.8, 4) is 0 Å². The van der Waals surface area contributed by atoms with E-state index < -0.39 is 5.41 Å². The number of anilines is 1. The molecule has 0 aromatic carbocycles. The molecule has 1 aromatic heterocycles. The van der Waals surface area contributed by atoms with Gasteiger partial charge in [-0.2, -0.15) is 0 Å². The molecule has 3 fully saturated rings. The summed E-state index contributed by atoms with van der Waals surface area (Å²) < 4.78 is 0. The summed E-state index contributed by atoms with van der Waals surface area (Å²) in [5, 5.41) is 10.1. The average Bonchev–Trinajstić information content (AvgIpc) is 3.13. The largest absolute Gasteiger partial charge is 0.396 e. The van der Waals surface area contributed by atoms with Crippen LogP contribution in [0.1, 0.15) is 55.2 Å². The van der Waals surface area contributed by atoms with E-state index in [2.05, 4.69) is 9.97 Å². The predicted octanol–water partition coefficient (Wildman–Crippen LogP) is 0.875. The molecule has 3 N–H and O–H groups in total. The molecule has 8 heteroatoms. The molecule has 0 unspecified atom stereocenters. The van der Waals surface area contributed by atoms with Crippen LogP contribution in [0.5, 0.6) is 0 Å². The van der Waals surface area contributed by atoms with E-state index in [-0.39, 0.29) is 42.1 Å². The highest BCUT2D eigenvalue weighted by atomic mass is 16.3. The Kier molecular flexibility index (Phi) is 4.77. The Bertz CT molecular complexity index is 794. The van der Waals surface area contributed by atoms with Gasteiger partial charge in [0.2, 0.25) is 11.9 Å². The van der Waals surface area contributed by atoms with Crippen LogP contribution in [0.2, 0.25) is 0 Å². The van der Waals surface area contributed by atoms with Crippen LogP contribution in [0.15, 0.2) is 6.07 Å². The van der Waals surface area contributed by atoms with E-state index in [0.29, 0.717) is 31.9 Å². The van der Waals surface area contributed by atoms with Gasteiger partial charge in [0.25, 0.3) is 5.91 Å². The zero-order valence-corrected chi connectivity index (χ0v) is 16.6. The lowest BCUT2D eigenvalue weighted by molar-refractivity contribution is -0.137. The van der Waals surface area contributed by atoms with Crippen LogP contribution in [-0.4, -0.2) is 69.5 Å². The van der Waals surface area contributed by atoms with Crippen molar-refractivity contribution in [3.05, 3.63) is 17.5 Å². The Morgan fingerprint density at radius 1 is 1.25 bits per heavy atom. The molecular weight excluding hydrogens is 358 g/mol. The van der Waals surface area contributed by atoms with Crippen molar-refractivity contribution < 1.29 is 14.7 Å². The molecule has 1 aliphatic carbocycles. The van der Waals surface area contributed by atoms with Gasteiger partial charge in [-0.3, -0.25) is 9.59 Å². The van der Waals surface area contributed by atoms with Gasteiger partial charge in [0.15, 0.2) is 0 Å². The normalized spacial score (nSPS) is 27.2. The van der Waals surface area contributed by atoms with E-state index in [1.54, 1.807) is 11.0 Å². The number of likely N-dealkylation sites (tertiary alicyclic amines) is 2. The van der Waals surface area contributed by atoms with E-state index in [4.69, 9.17) is 5.73 Å². The number of fused-ring (bicyclic) bond motifs is 1. The van der Waals surface area contributed by atoms with Crippen LogP contribution in [0.3, 0.4) is 0 Å². The van der Waals surface area contributed by atoms with Crippen molar-refractivity contribution in [2.24, 2.45) is 17.3 Å². The average molecular weight is 387 g/mol. The van der Waals surface area contributed by atoms with Gasteiger partial charge in [-0.15, -0.1) is 0 Å². The van der Waals surface area contributed by atoms with Crippen molar-refractivity contribution in [2.75, 3.05) is 38.5 Å². The molecule has 2 aliphatic heterocycles. The summed E-state index contributed by atoms with van der Waals surface area (Å²) in [5.41, 5.74) is 6.40. The highest BCUT2D eigenvalue weighted by Crippen LogP contribution is 2.44. The van der Waals surface area contributed by atoms with Gasteiger partial charge in [-0.25, -0.2) is 9.97 Å². The zero-order valence-electron chi connectivity index (χ0n) is 16.6. The molecule has 0 radical (unpaired) electrons. The molecule has 2 amide bonds. The van der Waals surface area contributed by atoms with E-state index in [0.717, 1.165) is 25.0 Å². The van der Waals surface area contributed by atoms with Crippen LogP contribution in [0, 0.1) is 17.3 Å². The van der Waals surface area contributed by atoms with Crippen LogP contribution in [-0.2, 0) is 4.79 Å². The summed E-state index contributed by atoms with van der Waals surface area (Å²) in [6, 6.07) is 1.70. The lowest BCUT2D eigenvalue weighted by atomic mass is 9.82. The number of carbonyl (C=O) groups is 2. The summed E-state index contributed by atoms with van der Waals surface area (Å²) in [7, 11) is 0. The van der Waals surface area contributed by atoms with E-state index >= 15 is 0 Å². The number of nitrogen functional groups attached to an aromatic ring is 1. The third kappa shape index (κ3) is 3.13. The van der Waals surface area contributed by atoms with Gasteiger partial charge in [0, 0.05) is 49.1 Å². The second kappa shape index (κ2) is 6.99. The fourth-order valence-corrected chi connectivity index (χ4v) is 4.69. The van der Waals surface area contributed by atoms with Crippen LogP contribution < -0.4 is 5.73 Å². The number of aromatic nitrogens is 2. The minimum Gasteiger partial charge on any atom is -0.396 e. The first-order chi connectivity index (χ1) is 13.3. The van der Waals surface area contributed by atoms with E-state index in [9.17, 15) is 14.7 Å². The van der Waals surface area contributed by atoms with Crippen molar-refractivity contribution >= 4 is 17.8 Å². The molecule has 2 saturated heterocycles. The standard InChI is InChI=1S/C20H29N5O3/c1-12(2)15-6-16(23-19(21)22-15)18(28)25-8-14-7-24(9-20(14,10-25)11-26)17(27)13-4-3-5-13/h6,12-14,26H,3-5,7-11H2,1-2H3,(H2,21,22,23)/t14-,20+/m1/s1. The van der Waals surface area contributed by atoms with Gasteiger partial charge in [-0.05, 0) is 24.8 Å². The third-order valence-corrected chi connectivity index (χ3v) is 6.70. The highest BCUT2D eigenvalue weighted by Gasteiger charge is 2.55. The Morgan fingerprint density at radius 2 is 1.93 bits per heavy atom. The number of rotatable bonds is 4. The smallest absolute Gasteiger partial charge is 0.272 e. The van der Waals surface area contributed by atoms with Crippen LogP contribution in [0.25, 0.3) is 0 Å². The molecule has 2 atom stereocenters. The topological polar surface area (TPSA) is 113 Å². The number of nitrogens with two attached hydrogens (primary N) is 1. The van der Waals surface area contributed by atoms with Crippen LogP contribution in [0.4, 0.5) is 5.95 Å². The van der Waals surface area contributed by atoms with Crippen molar-refractivity contribution in [2.45, 2.75) is 39.0 Å². The van der Waals surface area contributed by atoms with Crippen molar-refractivity contribution in [1.29, 1.82) is 0 Å². The molecule has 3 aliphatic rings. The number of hydrogen-bond donors (Lipinski definition) is 2. The van der Waals surface area contributed by atoms with E-state index in [1.165, 1.54) is 0 Å². The first-order valence-corrected chi connectivity index (χ1v) is 10.2. The first-order valence-electron chi connectivity index (χ1n) is 10.2. The molecule has 1 saturated carbocycles. The Labute approximate surface area is 165 Å². The lowest BCUT2D eigenvalue weighted by Crippen LogP contribution is -2.43. The molecule has 0 bridgehead atoms. The molecule has 8 nitrogen and oxygen atoms in total. The molecule has 28 heavy (non-hydrogen) atoms. The molecule has 1 aromatic rings. The fraction of sp³-hybridized carbons (Fsp3) is 0.700.